The van der Waals surface area contributed by atoms with Gasteiger partial charge in [-0.25, -0.2) is 0 Å². The lowest BCUT2D eigenvalue weighted by molar-refractivity contribution is -0.0454. The predicted molar refractivity (Wildman–Crippen MR) is 71.2 cm³/mol. The number of ether oxygens (including phenoxy) is 1. The molecule has 0 amide bonds. The van der Waals surface area contributed by atoms with E-state index >= 15 is 0 Å². The van der Waals surface area contributed by atoms with Gasteiger partial charge in [0.2, 0.25) is 0 Å². The lowest BCUT2D eigenvalue weighted by atomic mass is 9.85. The first-order chi connectivity index (χ1) is 7.72. The highest BCUT2D eigenvalue weighted by atomic mass is 32.1. The van der Waals surface area contributed by atoms with Gasteiger partial charge in [-0.2, -0.15) is 11.3 Å². The van der Waals surface area contributed by atoms with Crippen molar-refractivity contribution in [2.45, 2.75) is 44.8 Å². The van der Waals surface area contributed by atoms with Crippen molar-refractivity contribution < 1.29 is 4.74 Å². The molecule has 16 heavy (non-hydrogen) atoms. The summed E-state index contributed by atoms with van der Waals surface area (Å²) in [6.45, 7) is 4.40. The van der Waals surface area contributed by atoms with E-state index in [1.165, 1.54) is 5.56 Å². The molecule has 3 heteroatoms. The summed E-state index contributed by atoms with van der Waals surface area (Å²) in [5.41, 5.74) is 1.35. The molecule has 0 aromatic carbocycles. The molecule has 92 valence electrons. The second-order valence-electron chi connectivity index (χ2n) is 4.15. The number of likely N-dealkylation sites (N-methyl/N-ethyl adjacent to an activating group) is 1. The highest BCUT2D eigenvalue weighted by molar-refractivity contribution is 7.07. The lowest BCUT2D eigenvalue weighted by Gasteiger charge is -2.38. The van der Waals surface area contributed by atoms with Gasteiger partial charge in [0.1, 0.15) is 0 Å². The summed E-state index contributed by atoms with van der Waals surface area (Å²) in [7, 11) is 3.85. The largest absolute Gasteiger partial charge is 0.377 e. The second-order valence-corrected chi connectivity index (χ2v) is 4.93. The molecule has 1 aromatic rings. The Morgan fingerprint density at radius 3 is 2.50 bits per heavy atom. The summed E-state index contributed by atoms with van der Waals surface area (Å²) in [4.78, 5) is 0. The standard InChI is InChI=1S/C13H23NOS/c1-5-13(6-2,15-4)12(14-3)9-11-7-8-16-10-11/h7-8,10,12,14H,5-6,9H2,1-4H3. The molecule has 1 heterocycles. The van der Waals surface area contributed by atoms with Crippen LogP contribution in [0.3, 0.4) is 0 Å². The van der Waals surface area contributed by atoms with Crippen molar-refractivity contribution in [2.75, 3.05) is 14.2 Å². The van der Waals surface area contributed by atoms with Crippen molar-refractivity contribution in [3.05, 3.63) is 22.4 Å². The lowest BCUT2D eigenvalue weighted by Crippen LogP contribution is -2.51. The van der Waals surface area contributed by atoms with Crippen LogP contribution in [0.2, 0.25) is 0 Å². The molecule has 0 aliphatic carbocycles. The van der Waals surface area contributed by atoms with Crippen LogP contribution in [-0.2, 0) is 11.2 Å². The molecule has 0 radical (unpaired) electrons. The average molecular weight is 241 g/mol. The minimum Gasteiger partial charge on any atom is -0.377 e. The van der Waals surface area contributed by atoms with Crippen LogP contribution in [-0.4, -0.2) is 25.8 Å². The highest BCUT2D eigenvalue weighted by Gasteiger charge is 2.34. The maximum atomic E-state index is 5.78. The van der Waals surface area contributed by atoms with E-state index in [1.54, 1.807) is 11.3 Å². The van der Waals surface area contributed by atoms with Gasteiger partial charge in [0.15, 0.2) is 0 Å². The van der Waals surface area contributed by atoms with Gasteiger partial charge in [-0.1, -0.05) is 13.8 Å². The monoisotopic (exact) mass is 241 g/mol. The van der Waals surface area contributed by atoms with E-state index in [4.69, 9.17) is 4.74 Å². The Kier molecular flexibility index (Phi) is 5.46. The number of hydrogen-bond donors (Lipinski definition) is 1. The molecular formula is C13H23NOS. The highest BCUT2D eigenvalue weighted by Crippen LogP contribution is 2.26. The molecule has 1 rings (SSSR count). The minimum absolute atomic E-state index is 0.0450. The van der Waals surface area contributed by atoms with Crippen molar-refractivity contribution in [3.8, 4) is 0 Å². The van der Waals surface area contributed by atoms with E-state index in [-0.39, 0.29) is 5.60 Å². The topological polar surface area (TPSA) is 21.3 Å². The Labute approximate surface area is 103 Å². The van der Waals surface area contributed by atoms with Crippen LogP contribution in [0.25, 0.3) is 0 Å². The Hall–Kier alpha value is -0.380. The maximum Gasteiger partial charge on any atom is 0.0828 e. The molecule has 0 spiro atoms. The van der Waals surface area contributed by atoms with Crippen LogP contribution >= 0.6 is 11.3 Å². The normalized spacial score (nSPS) is 14.0. The van der Waals surface area contributed by atoms with Crippen molar-refractivity contribution in [3.63, 3.8) is 0 Å². The number of hydrogen-bond acceptors (Lipinski definition) is 3. The summed E-state index contributed by atoms with van der Waals surface area (Å²) >= 11 is 1.76. The van der Waals surface area contributed by atoms with Crippen molar-refractivity contribution in [1.29, 1.82) is 0 Å². The molecule has 1 atom stereocenters. The molecule has 1 unspecified atom stereocenters. The van der Waals surface area contributed by atoms with Crippen LogP contribution in [0, 0.1) is 0 Å². The Morgan fingerprint density at radius 1 is 1.44 bits per heavy atom. The third-order valence-electron chi connectivity index (χ3n) is 3.61. The van der Waals surface area contributed by atoms with E-state index in [0.29, 0.717) is 6.04 Å². The molecule has 0 aliphatic rings. The Morgan fingerprint density at radius 2 is 2.12 bits per heavy atom. The molecule has 0 saturated heterocycles. The Bertz CT molecular complexity index is 272. The van der Waals surface area contributed by atoms with E-state index in [1.807, 2.05) is 14.2 Å². The van der Waals surface area contributed by atoms with Gasteiger partial charge in [0.05, 0.1) is 5.60 Å². The minimum atomic E-state index is -0.0450. The smallest absolute Gasteiger partial charge is 0.0828 e. The fourth-order valence-electron chi connectivity index (χ4n) is 2.37. The van der Waals surface area contributed by atoms with Gasteiger partial charge in [-0.05, 0) is 48.7 Å². The van der Waals surface area contributed by atoms with Gasteiger partial charge < -0.3 is 10.1 Å². The summed E-state index contributed by atoms with van der Waals surface area (Å²) in [6, 6.07) is 2.57. The van der Waals surface area contributed by atoms with E-state index in [9.17, 15) is 0 Å². The van der Waals surface area contributed by atoms with Gasteiger partial charge in [0, 0.05) is 13.2 Å². The number of thiophene rings is 1. The zero-order chi connectivity index (χ0) is 12.0. The molecule has 1 N–H and O–H groups in total. The van der Waals surface area contributed by atoms with Gasteiger partial charge >= 0.3 is 0 Å². The zero-order valence-electron chi connectivity index (χ0n) is 10.7. The molecule has 2 nitrogen and oxygen atoms in total. The van der Waals surface area contributed by atoms with Gasteiger partial charge in [0.25, 0.3) is 0 Å². The van der Waals surface area contributed by atoms with Crippen LogP contribution in [0.4, 0.5) is 0 Å². The summed E-state index contributed by atoms with van der Waals surface area (Å²) in [6.07, 6.45) is 3.11. The third-order valence-corrected chi connectivity index (χ3v) is 4.34. The van der Waals surface area contributed by atoms with Crippen LogP contribution in [0.15, 0.2) is 16.8 Å². The third kappa shape index (κ3) is 2.84. The zero-order valence-corrected chi connectivity index (χ0v) is 11.6. The first-order valence-corrected chi connectivity index (χ1v) is 6.90. The number of rotatable bonds is 7. The summed E-state index contributed by atoms with van der Waals surface area (Å²) in [5.74, 6) is 0. The predicted octanol–water partition coefficient (Wildman–Crippen LogP) is 3.08. The Balaban J connectivity index is 2.78. The average Bonchev–Trinajstić information content (AvgIpc) is 2.83. The van der Waals surface area contributed by atoms with Crippen molar-refractivity contribution in [2.24, 2.45) is 0 Å². The summed E-state index contributed by atoms with van der Waals surface area (Å²) in [5, 5.41) is 7.77. The van der Waals surface area contributed by atoms with Crippen molar-refractivity contribution >= 4 is 11.3 Å². The molecular weight excluding hydrogens is 218 g/mol. The molecule has 0 saturated carbocycles. The van der Waals surface area contributed by atoms with Crippen LogP contribution in [0.5, 0.6) is 0 Å². The maximum absolute atomic E-state index is 5.78. The van der Waals surface area contributed by atoms with Gasteiger partial charge in [-0.3, -0.25) is 0 Å². The fourth-order valence-corrected chi connectivity index (χ4v) is 3.05. The first-order valence-electron chi connectivity index (χ1n) is 5.95. The second kappa shape index (κ2) is 6.38. The number of nitrogens with one attached hydrogen (secondary N) is 1. The fraction of sp³-hybridized carbons (Fsp3) is 0.692. The molecule has 0 aliphatic heterocycles. The van der Waals surface area contributed by atoms with Crippen LogP contribution < -0.4 is 5.32 Å². The van der Waals surface area contributed by atoms with Crippen molar-refractivity contribution in [1.82, 2.24) is 5.32 Å². The van der Waals surface area contributed by atoms with Crippen LogP contribution in [0.1, 0.15) is 32.3 Å². The quantitative estimate of drug-likeness (QED) is 0.792. The number of methoxy groups -OCH3 is 1. The molecule has 0 bridgehead atoms. The van der Waals surface area contributed by atoms with E-state index < -0.39 is 0 Å². The summed E-state index contributed by atoms with van der Waals surface area (Å²) < 4.78 is 5.78. The molecule has 0 fully saturated rings. The molecule has 1 aromatic heterocycles. The SMILES string of the molecule is CCC(CC)(OC)C(Cc1ccsc1)NC. The van der Waals surface area contributed by atoms with Gasteiger partial charge in [-0.15, -0.1) is 0 Å². The first kappa shape index (κ1) is 13.7. The van der Waals surface area contributed by atoms with E-state index in [0.717, 1.165) is 19.3 Å². The van der Waals surface area contributed by atoms with E-state index in [2.05, 4.69) is 36.0 Å².